The van der Waals surface area contributed by atoms with E-state index in [4.69, 9.17) is 0 Å². The second kappa shape index (κ2) is 9.05. The predicted molar refractivity (Wildman–Crippen MR) is 121 cm³/mol. The zero-order valence-electron chi connectivity index (χ0n) is 16.5. The van der Waals surface area contributed by atoms with Gasteiger partial charge in [0.1, 0.15) is 11.5 Å². The monoisotopic (exact) mass is 410 g/mol. The molecule has 0 bridgehead atoms. The summed E-state index contributed by atoms with van der Waals surface area (Å²) in [6.07, 6.45) is 1.33. The van der Waals surface area contributed by atoms with Crippen LogP contribution in [0.3, 0.4) is 0 Å². The van der Waals surface area contributed by atoms with E-state index >= 15 is 0 Å². The first-order valence-corrected chi connectivity index (χ1v) is 9.73. The smallest absolute Gasteiger partial charge is 0.272 e. The number of anilines is 1. The van der Waals surface area contributed by atoms with Gasteiger partial charge in [0.05, 0.1) is 0 Å². The molecule has 152 valence electrons. The fourth-order valence-corrected chi connectivity index (χ4v) is 3.21. The van der Waals surface area contributed by atoms with Crippen LogP contribution in [-0.4, -0.2) is 11.8 Å². The van der Waals surface area contributed by atoms with Crippen molar-refractivity contribution in [3.05, 3.63) is 120 Å². The molecular weight excluding hydrogens is 391 g/mol. The Kier molecular flexibility index (Phi) is 5.85. The molecule has 0 unspecified atom stereocenters. The summed E-state index contributed by atoms with van der Waals surface area (Å²) in [4.78, 5) is 25.8. The summed E-state index contributed by atoms with van der Waals surface area (Å²) in [5.74, 6) is -1.51. The minimum atomic E-state index is -0.552. The zero-order valence-corrected chi connectivity index (χ0v) is 16.5. The van der Waals surface area contributed by atoms with Crippen LogP contribution in [0.4, 0.5) is 10.1 Å². The highest BCUT2D eigenvalue weighted by Gasteiger charge is 2.16. The predicted octanol–water partition coefficient (Wildman–Crippen LogP) is 5.39. The topological polar surface area (TPSA) is 58.2 Å². The zero-order chi connectivity index (χ0) is 21.6. The molecular formula is C26H19FN2O2. The van der Waals surface area contributed by atoms with Gasteiger partial charge in [0, 0.05) is 22.2 Å². The van der Waals surface area contributed by atoms with Crippen LogP contribution in [0, 0.1) is 5.82 Å². The summed E-state index contributed by atoms with van der Waals surface area (Å²) in [7, 11) is 0. The van der Waals surface area contributed by atoms with E-state index in [-0.39, 0.29) is 11.3 Å². The number of benzene rings is 4. The first-order chi connectivity index (χ1) is 15.1. The van der Waals surface area contributed by atoms with E-state index < -0.39 is 17.6 Å². The van der Waals surface area contributed by atoms with Gasteiger partial charge in [0.15, 0.2) is 0 Å². The van der Waals surface area contributed by atoms with Gasteiger partial charge in [-0.25, -0.2) is 4.39 Å². The molecule has 4 aromatic rings. The molecule has 2 N–H and O–H groups in total. The molecule has 0 aliphatic carbocycles. The van der Waals surface area contributed by atoms with Gasteiger partial charge in [-0.2, -0.15) is 0 Å². The van der Waals surface area contributed by atoms with E-state index in [1.54, 1.807) is 48.5 Å². The van der Waals surface area contributed by atoms with Gasteiger partial charge in [0.2, 0.25) is 0 Å². The SMILES string of the molecule is O=C(Nc1cccc2ccccc12)C(=Cc1ccccc1F)NC(=O)c1ccccc1. The number of halogens is 1. The van der Waals surface area contributed by atoms with Crippen molar-refractivity contribution in [1.29, 1.82) is 0 Å². The summed E-state index contributed by atoms with van der Waals surface area (Å²) in [6.45, 7) is 0. The van der Waals surface area contributed by atoms with Crippen LogP contribution in [0.1, 0.15) is 15.9 Å². The van der Waals surface area contributed by atoms with Crippen molar-refractivity contribution in [2.75, 3.05) is 5.32 Å². The van der Waals surface area contributed by atoms with E-state index in [1.807, 2.05) is 36.4 Å². The number of amides is 2. The van der Waals surface area contributed by atoms with Crippen molar-refractivity contribution in [3.63, 3.8) is 0 Å². The maximum Gasteiger partial charge on any atom is 0.272 e. The fraction of sp³-hybridized carbons (Fsp3) is 0. The van der Waals surface area contributed by atoms with E-state index in [0.717, 1.165) is 10.8 Å². The third kappa shape index (κ3) is 4.67. The van der Waals surface area contributed by atoms with Crippen LogP contribution in [-0.2, 0) is 4.79 Å². The lowest BCUT2D eigenvalue weighted by Gasteiger charge is -2.13. The van der Waals surface area contributed by atoms with Crippen LogP contribution in [0.5, 0.6) is 0 Å². The molecule has 4 nitrogen and oxygen atoms in total. The molecule has 0 atom stereocenters. The Hall–Kier alpha value is -4.25. The number of fused-ring (bicyclic) bond motifs is 1. The van der Waals surface area contributed by atoms with E-state index in [0.29, 0.717) is 11.3 Å². The molecule has 5 heteroatoms. The third-order valence-corrected chi connectivity index (χ3v) is 4.77. The third-order valence-electron chi connectivity index (χ3n) is 4.77. The fourth-order valence-electron chi connectivity index (χ4n) is 3.21. The number of carbonyl (C=O) groups excluding carboxylic acids is 2. The minimum Gasteiger partial charge on any atom is -0.320 e. The first-order valence-electron chi connectivity index (χ1n) is 9.73. The average molecular weight is 410 g/mol. The number of hydrogen-bond acceptors (Lipinski definition) is 2. The van der Waals surface area contributed by atoms with Crippen molar-refractivity contribution in [3.8, 4) is 0 Å². The molecule has 0 aliphatic heterocycles. The number of carbonyl (C=O) groups is 2. The molecule has 0 saturated carbocycles. The van der Waals surface area contributed by atoms with Crippen molar-refractivity contribution in [2.45, 2.75) is 0 Å². The second-order valence-electron chi connectivity index (χ2n) is 6.88. The maximum atomic E-state index is 14.2. The lowest BCUT2D eigenvalue weighted by atomic mass is 10.1. The molecule has 0 heterocycles. The van der Waals surface area contributed by atoms with Gasteiger partial charge in [-0.1, -0.05) is 72.8 Å². The van der Waals surface area contributed by atoms with Gasteiger partial charge in [0.25, 0.3) is 11.8 Å². The minimum absolute atomic E-state index is 0.0631. The number of rotatable bonds is 5. The largest absolute Gasteiger partial charge is 0.320 e. The van der Waals surface area contributed by atoms with Gasteiger partial charge in [-0.3, -0.25) is 9.59 Å². The van der Waals surface area contributed by atoms with Crippen LogP contribution >= 0.6 is 0 Å². The van der Waals surface area contributed by atoms with Gasteiger partial charge >= 0.3 is 0 Å². The van der Waals surface area contributed by atoms with Crippen molar-refractivity contribution >= 4 is 34.4 Å². The summed E-state index contributed by atoms with van der Waals surface area (Å²) in [5.41, 5.74) is 1.11. The van der Waals surface area contributed by atoms with Crippen molar-refractivity contribution in [1.82, 2.24) is 5.32 Å². The van der Waals surface area contributed by atoms with Crippen LogP contribution in [0.2, 0.25) is 0 Å². The highest BCUT2D eigenvalue weighted by atomic mass is 19.1. The Morgan fingerprint density at radius 1 is 0.742 bits per heavy atom. The highest BCUT2D eigenvalue weighted by molar-refractivity contribution is 6.13. The lowest BCUT2D eigenvalue weighted by molar-refractivity contribution is -0.113. The Labute approximate surface area is 179 Å². The quantitative estimate of drug-likeness (QED) is 0.434. The van der Waals surface area contributed by atoms with Crippen LogP contribution in [0.15, 0.2) is 103 Å². The summed E-state index contributed by atoms with van der Waals surface area (Å²) in [5, 5.41) is 7.28. The number of hydrogen-bond donors (Lipinski definition) is 2. The number of nitrogens with one attached hydrogen (secondary N) is 2. The molecule has 0 fully saturated rings. The lowest BCUT2D eigenvalue weighted by Crippen LogP contribution is -2.30. The second-order valence-corrected chi connectivity index (χ2v) is 6.88. The Morgan fingerprint density at radius 2 is 1.42 bits per heavy atom. The molecule has 4 aromatic carbocycles. The average Bonchev–Trinajstić information content (AvgIpc) is 2.80. The molecule has 0 spiro atoms. The molecule has 0 radical (unpaired) electrons. The van der Waals surface area contributed by atoms with Gasteiger partial charge in [-0.05, 0) is 35.7 Å². The Balaban J connectivity index is 1.68. The van der Waals surface area contributed by atoms with Crippen LogP contribution in [0.25, 0.3) is 16.8 Å². The van der Waals surface area contributed by atoms with Crippen LogP contribution < -0.4 is 10.6 Å². The van der Waals surface area contributed by atoms with Gasteiger partial charge < -0.3 is 10.6 Å². The first kappa shape index (κ1) is 20.0. The maximum absolute atomic E-state index is 14.2. The van der Waals surface area contributed by atoms with Gasteiger partial charge in [-0.15, -0.1) is 0 Å². The Morgan fingerprint density at radius 3 is 2.23 bits per heavy atom. The molecule has 0 aromatic heterocycles. The molecule has 0 saturated heterocycles. The normalized spacial score (nSPS) is 11.2. The van der Waals surface area contributed by atoms with E-state index in [1.165, 1.54) is 18.2 Å². The van der Waals surface area contributed by atoms with Crippen molar-refractivity contribution < 1.29 is 14.0 Å². The molecule has 4 rings (SSSR count). The van der Waals surface area contributed by atoms with E-state index in [9.17, 15) is 14.0 Å². The van der Waals surface area contributed by atoms with E-state index in [2.05, 4.69) is 10.6 Å². The molecule has 0 aliphatic rings. The summed E-state index contributed by atoms with van der Waals surface area (Å²) >= 11 is 0. The molecule has 31 heavy (non-hydrogen) atoms. The van der Waals surface area contributed by atoms with Crippen molar-refractivity contribution in [2.24, 2.45) is 0 Å². The summed E-state index contributed by atoms with van der Waals surface area (Å²) in [6, 6.07) is 27.8. The standard InChI is InChI=1S/C26H19FN2O2/c27-22-15-7-5-12-20(22)17-24(29-25(30)19-10-2-1-3-11-19)26(31)28-23-16-8-13-18-9-4-6-14-21(18)23/h1-17H,(H,28,31)(H,29,30). The molecule has 2 amide bonds. The Bertz CT molecular complexity index is 1280. The highest BCUT2D eigenvalue weighted by Crippen LogP contribution is 2.23. The summed E-state index contributed by atoms with van der Waals surface area (Å²) < 4.78 is 14.2.